The maximum atomic E-state index is 11.6. The minimum absolute atomic E-state index is 0.0413. The van der Waals surface area contributed by atoms with E-state index in [1.165, 1.54) is 0 Å². The van der Waals surface area contributed by atoms with Crippen LogP contribution in [0.3, 0.4) is 0 Å². The van der Waals surface area contributed by atoms with Gasteiger partial charge in [0.25, 0.3) is 0 Å². The minimum atomic E-state index is -0.760. The van der Waals surface area contributed by atoms with Crippen LogP contribution in [0.5, 0.6) is 0 Å². The van der Waals surface area contributed by atoms with E-state index in [4.69, 9.17) is 5.11 Å². The third-order valence-corrected chi connectivity index (χ3v) is 2.82. The number of carboxylic acid groups (broad SMARTS) is 1. The Morgan fingerprint density at radius 3 is 2.29 bits per heavy atom. The summed E-state index contributed by atoms with van der Waals surface area (Å²) >= 11 is 0. The highest BCUT2D eigenvalue weighted by molar-refractivity contribution is 5.73. The molecule has 0 saturated heterocycles. The normalized spacial score (nSPS) is 11.9. The van der Waals surface area contributed by atoms with Gasteiger partial charge < -0.3 is 15.3 Å². The van der Waals surface area contributed by atoms with Gasteiger partial charge in [0.15, 0.2) is 0 Å². The largest absolute Gasteiger partial charge is 0.481 e. The molecule has 0 bridgehead atoms. The molecule has 0 aliphatic rings. The third kappa shape index (κ3) is 7.60. The molecular formula is C12H24N2O3. The van der Waals surface area contributed by atoms with Crippen LogP contribution in [0.15, 0.2) is 0 Å². The molecule has 0 saturated carbocycles. The molecular weight excluding hydrogens is 220 g/mol. The Morgan fingerprint density at radius 1 is 1.24 bits per heavy atom. The summed E-state index contributed by atoms with van der Waals surface area (Å²) < 4.78 is 0. The summed E-state index contributed by atoms with van der Waals surface area (Å²) in [6.45, 7) is 7.91. The zero-order valence-electron chi connectivity index (χ0n) is 11.0. The molecule has 0 heterocycles. The molecule has 2 amide bonds. The summed E-state index contributed by atoms with van der Waals surface area (Å²) in [5, 5.41) is 11.4. The number of carboxylic acids is 1. The Morgan fingerprint density at radius 2 is 1.82 bits per heavy atom. The summed E-state index contributed by atoms with van der Waals surface area (Å²) in [7, 11) is 0. The molecule has 0 fully saturated rings. The van der Waals surface area contributed by atoms with E-state index in [0.29, 0.717) is 32.0 Å². The summed E-state index contributed by atoms with van der Waals surface area (Å²) in [4.78, 5) is 23.7. The highest BCUT2D eigenvalue weighted by atomic mass is 16.4. The average molecular weight is 244 g/mol. The van der Waals surface area contributed by atoms with E-state index in [2.05, 4.69) is 5.32 Å². The molecule has 5 nitrogen and oxygen atoms in total. The van der Waals surface area contributed by atoms with Crippen molar-refractivity contribution in [1.82, 2.24) is 10.2 Å². The number of aliphatic carboxylic acids is 1. The zero-order chi connectivity index (χ0) is 13.3. The number of rotatable bonds is 8. The molecule has 0 rings (SSSR count). The standard InChI is InChI=1S/C12H24N2O3/c1-4-14(5-2)12(17)13-9-8-10(3)6-7-11(15)16/h10H,4-9H2,1-3H3,(H,13,17)(H,15,16). The van der Waals surface area contributed by atoms with E-state index in [-0.39, 0.29) is 12.5 Å². The first-order valence-corrected chi connectivity index (χ1v) is 6.25. The molecule has 0 aliphatic carbocycles. The Balaban J connectivity index is 3.68. The Hall–Kier alpha value is -1.26. The zero-order valence-corrected chi connectivity index (χ0v) is 11.0. The van der Waals surface area contributed by atoms with Crippen molar-refractivity contribution in [1.29, 1.82) is 0 Å². The predicted octanol–water partition coefficient (Wildman–Crippen LogP) is 1.93. The topological polar surface area (TPSA) is 69.6 Å². The fourth-order valence-electron chi connectivity index (χ4n) is 1.56. The monoisotopic (exact) mass is 244 g/mol. The van der Waals surface area contributed by atoms with Gasteiger partial charge in [-0.2, -0.15) is 0 Å². The van der Waals surface area contributed by atoms with Crippen LogP contribution in [0.1, 0.15) is 40.0 Å². The van der Waals surface area contributed by atoms with Gasteiger partial charge >= 0.3 is 12.0 Å². The molecule has 0 aliphatic heterocycles. The average Bonchev–Trinajstić information content (AvgIpc) is 2.28. The maximum Gasteiger partial charge on any atom is 0.317 e. The van der Waals surface area contributed by atoms with E-state index in [1.54, 1.807) is 4.90 Å². The number of carbonyl (C=O) groups is 2. The molecule has 0 radical (unpaired) electrons. The molecule has 1 atom stereocenters. The van der Waals surface area contributed by atoms with Gasteiger partial charge in [0, 0.05) is 26.1 Å². The van der Waals surface area contributed by atoms with Gasteiger partial charge in [-0.1, -0.05) is 6.92 Å². The maximum absolute atomic E-state index is 11.6. The van der Waals surface area contributed by atoms with Crippen LogP contribution in [0.4, 0.5) is 4.79 Å². The van der Waals surface area contributed by atoms with Crippen LogP contribution < -0.4 is 5.32 Å². The lowest BCUT2D eigenvalue weighted by Gasteiger charge is -2.19. The van der Waals surface area contributed by atoms with Gasteiger partial charge in [0.2, 0.25) is 0 Å². The Labute approximate surface area is 103 Å². The lowest BCUT2D eigenvalue weighted by molar-refractivity contribution is -0.137. The first kappa shape index (κ1) is 15.7. The number of nitrogens with zero attached hydrogens (tertiary/aromatic N) is 1. The van der Waals surface area contributed by atoms with Crippen molar-refractivity contribution >= 4 is 12.0 Å². The second-order valence-corrected chi connectivity index (χ2v) is 4.23. The molecule has 0 aromatic rings. The number of carbonyl (C=O) groups excluding carboxylic acids is 1. The Kier molecular flexibility index (Phi) is 8.19. The van der Waals surface area contributed by atoms with Gasteiger partial charge in [-0.25, -0.2) is 4.79 Å². The van der Waals surface area contributed by atoms with E-state index in [0.717, 1.165) is 6.42 Å². The summed E-state index contributed by atoms with van der Waals surface area (Å²) in [5.41, 5.74) is 0. The SMILES string of the molecule is CCN(CC)C(=O)NCCC(C)CCC(=O)O. The second-order valence-electron chi connectivity index (χ2n) is 4.23. The van der Waals surface area contributed by atoms with Gasteiger partial charge in [-0.3, -0.25) is 4.79 Å². The third-order valence-electron chi connectivity index (χ3n) is 2.82. The van der Waals surface area contributed by atoms with Crippen LogP contribution >= 0.6 is 0 Å². The first-order valence-electron chi connectivity index (χ1n) is 6.25. The van der Waals surface area contributed by atoms with Crippen LogP contribution in [-0.4, -0.2) is 41.6 Å². The summed E-state index contributed by atoms with van der Waals surface area (Å²) in [5.74, 6) is -0.438. The molecule has 17 heavy (non-hydrogen) atoms. The highest BCUT2D eigenvalue weighted by Gasteiger charge is 2.09. The van der Waals surface area contributed by atoms with Crippen molar-refractivity contribution in [2.24, 2.45) is 5.92 Å². The van der Waals surface area contributed by atoms with Gasteiger partial charge in [0.1, 0.15) is 0 Å². The molecule has 0 spiro atoms. The molecule has 2 N–H and O–H groups in total. The van der Waals surface area contributed by atoms with Gasteiger partial charge in [-0.15, -0.1) is 0 Å². The predicted molar refractivity (Wildman–Crippen MR) is 67.0 cm³/mol. The molecule has 1 unspecified atom stereocenters. The minimum Gasteiger partial charge on any atom is -0.481 e. The molecule has 0 aromatic heterocycles. The highest BCUT2D eigenvalue weighted by Crippen LogP contribution is 2.09. The van der Waals surface area contributed by atoms with E-state index >= 15 is 0 Å². The van der Waals surface area contributed by atoms with Crippen molar-refractivity contribution in [2.75, 3.05) is 19.6 Å². The van der Waals surface area contributed by atoms with Crippen LogP contribution in [0, 0.1) is 5.92 Å². The number of urea groups is 1. The van der Waals surface area contributed by atoms with Gasteiger partial charge in [0.05, 0.1) is 0 Å². The van der Waals surface area contributed by atoms with E-state index < -0.39 is 5.97 Å². The van der Waals surface area contributed by atoms with Crippen molar-refractivity contribution < 1.29 is 14.7 Å². The first-order chi connectivity index (χ1) is 8.01. The molecule has 0 aromatic carbocycles. The Bertz CT molecular complexity index is 240. The fourth-order valence-corrected chi connectivity index (χ4v) is 1.56. The van der Waals surface area contributed by atoms with E-state index in [9.17, 15) is 9.59 Å². The molecule has 5 heteroatoms. The van der Waals surface area contributed by atoms with Gasteiger partial charge in [-0.05, 0) is 32.6 Å². The molecule has 100 valence electrons. The summed E-state index contributed by atoms with van der Waals surface area (Å²) in [6, 6.07) is -0.0413. The van der Waals surface area contributed by atoms with Crippen LogP contribution in [0.2, 0.25) is 0 Å². The quantitative estimate of drug-likeness (QED) is 0.685. The fraction of sp³-hybridized carbons (Fsp3) is 0.833. The smallest absolute Gasteiger partial charge is 0.317 e. The van der Waals surface area contributed by atoms with E-state index in [1.807, 2.05) is 20.8 Å². The van der Waals surface area contributed by atoms with Crippen LogP contribution in [-0.2, 0) is 4.79 Å². The second kappa shape index (κ2) is 8.84. The lowest BCUT2D eigenvalue weighted by atomic mass is 10.0. The number of amides is 2. The van der Waals surface area contributed by atoms with Crippen molar-refractivity contribution in [3.05, 3.63) is 0 Å². The number of nitrogens with one attached hydrogen (secondary N) is 1. The summed E-state index contributed by atoms with van der Waals surface area (Å²) in [6.07, 6.45) is 1.68. The number of hydrogen-bond donors (Lipinski definition) is 2. The lowest BCUT2D eigenvalue weighted by Crippen LogP contribution is -2.40. The van der Waals surface area contributed by atoms with Crippen LogP contribution in [0.25, 0.3) is 0 Å². The number of hydrogen-bond acceptors (Lipinski definition) is 2. The van der Waals surface area contributed by atoms with Crippen molar-refractivity contribution in [3.8, 4) is 0 Å². The van der Waals surface area contributed by atoms with Crippen molar-refractivity contribution in [2.45, 2.75) is 40.0 Å². The van der Waals surface area contributed by atoms with Crippen molar-refractivity contribution in [3.63, 3.8) is 0 Å².